The monoisotopic (exact) mass is 421 g/mol. The standard InChI is InChI=1S/C16H24ClN3O4S2/c17-13-11-14(18)16(26(23,24)20-9-5-2-6-10-20)12-15(13)25(21,22)19-7-3-1-4-8-19/h11-12H,1-10,18H2. The molecule has 2 aliphatic rings. The van der Waals surface area contributed by atoms with E-state index in [4.69, 9.17) is 17.3 Å². The van der Waals surface area contributed by atoms with Crippen LogP contribution >= 0.6 is 11.6 Å². The smallest absolute Gasteiger partial charge is 0.245 e. The minimum Gasteiger partial charge on any atom is -0.398 e. The minimum absolute atomic E-state index is 0.0295. The highest BCUT2D eigenvalue weighted by Gasteiger charge is 2.33. The highest BCUT2D eigenvalue weighted by Crippen LogP contribution is 2.34. The van der Waals surface area contributed by atoms with Gasteiger partial charge in [0.2, 0.25) is 20.0 Å². The number of nitrogen functional groups attached to an aromatic ring is 1. The Morgan fingerprint density at radius 3 is 1.62 bits per heavy atom. The van der Waals surface area contributed by atoms with Crippen LogP contribution in [0.1, 0.15) is 38.5 Å². The van der Waals surface area contributed by atoms with Crippen LogP contribution in [-0.4, -0.2) is 51.6 Å². The molecular formula is C16H24ClN3O4S2. The van der Waals surface area contributed by atoms with Crippen LogP contribution in [0.2, 0.25) is 5.02 Å². The van der Waals surface area contributed by atoms with E-state index >= 15 is 0 Å². The summed E-state index contributed by atoms with van der Waals surface area (Å²) in [5.74, 6) is 0. The van der Waals surface area contributed by atoms with Gasteiger partial charge in [-0.2, -0.15) is 8.61 Å². The number of rotatable bonds is 4. The molecule has 2 N–H and O–H groups in total. The summed E-state index contributed by atoms with van der Waals surface area (Å²) in [6.45, 7) is 1.66. The Kier molecular flexibility index (Phi) is 5.83. The number of nitrogens with zero attached hydrogens (tertiary/aromatic N) is 2. The second-order valence-electron chi connectivity index (χ2n) is 6.75. The van der Waals surface area contributed by atoms with Crippen molar-refractivity contribution in [3.05, 3.63) is 17.2 Å². The lowest BCUT2D eigenvalue weighted by Crippen LogP contribution is -2.37. The Morgan fingerprint density at radius 1 is 0.731 bits per heavy atom. The summed E-state index contributed by atoms with van der Waals surface area (Å²) >= 11 is 6.15. The molecular weight excluding hydrogens is 398 g/mol. The van der Waals surface area contributed by atoms with Gasteiger partial charge in [0.1, 0.15) is 9.79 Å². The average Bonchev–Trinajstić information content (AvgIpc) is 2.62. The topological polar surface area (TPSA) is 101 Å². The third-order valence-corrected chi connectivity index (χ3v) is 9.25. The van der Waals surface area contributed by atoms with Crippen LogP contribution in [0.3, 0.4) is 0 Å². The fraction of sp³-hybridized carbons (Fsp3) is 0.625. The second-order valence-corrected chi connectivity index (χ2v) is 11.0. The van der Waals surface area contributed by atoms with E-state index < -0.39 is 20.0 Å². The second kappa shape index (κ2) is 7.63. The highest BCUT2D eigenvalue weighted by molar-refractivity contribution is 7.90. The SMILES string of the molecule is Nc1cc(Cl)c(S(=O)(=O)N2CCCCC2)cc1S(=O)(=O)N1CCCCC1. The number of hydrogen-bond donors (Lipinski definition) is 1. The molecule has 2 aliphatic heterocycles. The lowest BCUT2D eigenvalue weighted by Gasteiger charge is -2.28. The molecule has 1 aromatic rings. The van der Waals surface area contributed by atoms with Crippen molar-refractivity contribution < 1.29 is 16.8 Å². The van der Waals surface area contributed by atoms with Gasteiger partial charge in [-0.05, 0) is 37.8 Å². The van der Waals surface area contributed by atoms with Gasteiger partial charge >= 0.3 is 0 Å². The maximum absolute atomic E-state index is 13.0. The van der Waals surface area contributed by atoms with Crippen molar-refractivity contribution in [1.82, 2.24) is 8.61 Å². The molecule has 1 aromatic carbocycles. The van der Waals surface area contributed by atoms with Gasteiger partial charge in [0, 0.05) is 26.2 Å². The fourth-order valence-electron chi connectivity index (χ4n) is 3.46. The third kappa shape index (κ3) is 3.73. The van der Waals surface area contributed by atoms with E-state index in [-0.39, 0.29) is 20.5 Å². The van der Waals surface area contributed by atoms with E-state index in [1.807, 2.05) is 0 Å². The summed E-state index contributed by atoms with van der Waals surface area (Å²) in [7, 11) is -7.72. The Hall–Kier alpha value is -0.870. The molecule has 7 nitrogen and oxygen atoms in total. The summed E-state index contributed by atoms with van der Waals surface area (Å²) in [5.41, 5.74) is 5.88. The molecule has 0 bridgehead atoms. The molecule has 0 unspecified atom stereocenters. The largest absolute Gasteiger partial charge is 0.398 e. The van der Waals surface area contributed by atoms with Gasteiger partial charge in [0.05, 0.1) is 10.7 Å². The van der Waals surface area contributed by atoms with Gasteiger partial charge < -0.3 is 5.73 Å². The predicted octanol–water partition coefficient (Wildman–Crippen LogP) is 2.27. The van der Waals surface area contributed by atoms with E-state index in [2.05, 4.69) is 0 Å². The normalized spacial score (nSPS) is 21.0. The van der Waals surface area contributed by atoms with Crippen molar-refractivity contribution in [2.75, 3.05) is 31.9 Å². The predicted molar refractivity (Wildman–Crippen MR) is 101 cm³/mol. The zero-order chi connectivity index (χ0) is 18.9. The van der Waals surface area contributed by atoms with Crippen molar-refractivity contribution in [2.45, 2.75) is 48.3 Å². The van der Waals surface area contributed by atoms with Gasteiger partial charge in [-0.15, -0.1) is 0 Å². The van der Waals surface area contributed by atoms with Crippen LogP contribution < -0.4 is 5.73 Å². The zero-order valence-corrected chi connectivity index (χ0v) is 16.9. The van der Waals surface area contributed by atoms with Gasteiger partial charge in [0.15, 0.2) is 0 Å². The first-order chi connectivity index (χ1) is 12.2. The van der Waals surface area contributed by atoms with Crippen molar-refractivity contribution in [2.24, 2.45) is 0 Å². The number of piperidine rings is 2. The summed E-state index contributed by atoms with van der Waals surface area (Å²) in [4.78, 5) is -0.370. The molecule has 0 aromatic heterocycles. The molecule has 2 heterocycles. The van der Waals surface area contributed by atoms with E-state index in [1.165, 1.54) is 14.7 Å². The molecule has 0 aliphatic carbocycles. The molecule has 3 rings (SSSR count). The number of halogens is 1. The molecule has 26 heavy (non-hydrogen) atoms. The van der Waals surface area contributed by atoms with Gasteiger partial charge in [-0.25, -0.2) is 16.8 Å². The molecule has 2 fully saturated rings. The minimum atomic E-state index is -3.86. The van der Waals surface area contributed by atoms with Gasteiger partial charge in [-0.1, -0.05) is 24.4 Å². The molecule has 10 heteroatoms. The first-order valence-corrected chi connectivity index (χ1v) is 12.1. The van der Waals surface area contributed by atoms with Crippen LogP contribution in [0.5, 0.6) is 0 Å². The Balaban J connectivity index is 2.04. The molecule has 0 atom stereocenters. The van der Waals surface area contributed by atoms with Crippen LogP contribution in [-0.2, 0) is 20.0 Å². The number of sulfonamides is 2. The Bertz CT molecular complexity index is 806. The third-order valence-electron chi connectivity index (χ3n) is 4.93. The molecule has 0 amide bonds. The number of benzene rings is 1. The van der Waals surface area contributed by atoms with Crippen LogP contribution in [0, 0.1) is 0 Å². The first-order valence-electron chi connectivity index (χ1n) is 8.84. The molecule has 0 saturated carbocycles. The quantitative estimate of drug-likeness (QED) is 0.751. The number of nitrogens with two attached hydrogens (primary N) is 1. The summed E-state index contributed by atoms with van der Waals surface area (Å²) in [6.07, 6.45) is 5.10. The summed E-state index contributed by atoms with van der Waals surface area (Å²) < 4.78 is 54.6. The van der Waals surface area contributed by atoms with Crippen LogP contribution in [0.15, 0.2) is 21.9 Å². The Morgan fingerprint density at radius 2 is 1.15 bits per heavy atom. The number of hydrogen-bond acceptors (Lipinski definition) is 5. The van der Waals surface area contributed by atoms with Crippen LogP contribution in [0.25, 0.3) is 0 Å². The Labute approximate surface area is 160 Å². The van der Waals surface area contributed by atoms with Crippen molar-refractivity contribution in [3.8, 4) is 0 Å². The van der Waals surface area contributed by atoms with Gasteiger partial charge in [-0.3, -0.25) is 0 Å². The summed E-state index contributed by atoms with van der Waals surface area (Å²) in [6, 6.07) is 2.36. The maximum Gasteiger partial charge on any atom is 0.245 e. The van der Waals surface area contributed by atoms with Crippen LogP contribution in [0.4, 0.5) is 5.69 Å². The van der Waals surface area contributed by atoms with Crippen molar-refractivity contribution >= 4 is 37.3 Å². The molecule has 0 spiro atoms. The fourth-order valence-corrected chi connectivity index (χ4v) is 7.23. The average molecular weight is 422 g/mol. The van der Waals surface area contributed by atoms with E-state index in [0.29, 0.717) is 26.2 Å². The lowest BCUT2D eigenvalue weighted by molar-refractivity contribution is 0.345. The zero-order valence-electron chi connectivity index (χ0n) is 14.5. The summed E-state index contributed by atoms with van der Waals surface area (Å²) in [5, 5.41) is -0.0503. The van der Waals surface area contributed by atoms with Crippen molar-refractivity contribution in [3.63, 3.8) is 0 Å². The molecule has 146 valence electrons. The van der Waals surface area contributed by atoms with Gasteiger partial charge in [0.25, 0.3) is 0 Å². The molecule has 2 saturated heterocycles. The van der Waals surface area contributed by atoms with E-state index in [9.17, 15) is 16.8 Å². The first kappa shape index (κ1) is 19.9. The van der Waals surface area contributed by atoms with E-state index in [1.54, 1.807) is 0 Å². The van der Waals surface area contributed by atoms with E-state index in [0.717, 1.165) is 44.6 Å². The molecule has 0 radical (unpaired) electrons. The van der Waals surface area contributed by atoms with Crippen molar-refractivity contribution in [1.29, 1.82) is 0 Å². The lowest BCUT2D eigenvalue weighted by atomic mass is 10.2. The maximum atomic E-state index is 13.0. The number of anilines is 1. The highest BCUT2D eigenvalue weighted by atomic mass is 35.5.